The SMILES string of the molecule is CC1NC(=O)CC[C@@]1(C)[C@@]1(C)C[C@@H](C2=CCOC2=O)O1. The van der Waals surface area contributed by atoms with Crippen LogP contribution in [0, 0.1) is 5.41 Å². The predicted molar refractivity (Wildman–Crippen MR) is 71.9 cm³/mol. The van der Waals surface area contributed by atoms with Crippen molar-refractivity contribution in [3.05, 3.63) is 11.6 Å². The summed E-state index contributed by atoms with van der Waals surface area (Å²) in [5.74, 6) is -0.149. The van der Waals surface area contributed by atoms with Crippen molar-refractivity contribution in [1.29, 1.82) is 0 Å². The maximum Gasteiger partial charge on any atom is 0.336 e. The summed E-state index contributed by atoms with van der Waals surface area (Å²) in [6, 6.07) is 0.0687. The number of piperidine rings is 1. The number of cyclic esters (lactones) is 1. The molecule has 5 nitrogen and oxygen atoms in total. The van der Waals surface area contributed by atoms with Crippen LogP contribution in [0.25, 0.3) is 0 Å². The normalized spacial score (nSPS) is 44.5. The monoisotopic (exact) mass is 279 g/mol. The molecule has 110 valence electrons. The summed E-state index contributed by atoms with van der Waals surface area (Å²) < 4.78 is 11.0. The fourth-order valence-electron chi connectivity index (χ4n) is 3.62. The second-order valence-electron chi connectivity index (χ2n) is 6.51. The molecular weight excluding hydrogens is 258 g/mol. The number of ether oxygens (including phenoxy) is 2. The molecule has 3 aliphatic heterocycles. The van der Waals surface area contributed by atoms with E-state index in [1.54, 1.807) is 6.08 Å². The lowest BCUT2D eigenvalue weighted by molar-refractivity contribution is -0.249. The predicted octanol–water partition coefficient (Wildman–Crippen LogP) is 1.32. The third-order valence-corrected chi connectivity index (χ3v) is 5.49. The summed E-state index contributed by atoms with van der Waals surface area (Å²) in [7, 11) is 0. The van der Waals surface area contributed by atoms with E-state index in [4.69, 9.17) is 9.47 Å². The van der Waals surface area contributed by atoms with Crippen LogP contribution in [-0.2, 0) is 19.1 Å². The van der Waals surface area contributed by atoms with Crippen molar-refractivity contribution in [1.82, 2.24) is 5.32 Å². The quantitative estimate of drug-likeness (QED) is 0.774. The van der Waals surface area contributed by atoms with Crippen molar-refractivity contribution in [3.63, 3.8) is 0 Å². The van der Waals surface area contributed by atoms with Crippen LogP contribution in [-0.4, -0.2) is 36.2 Å². The Kier molecular flexibility index (Phi) is 2.94. The first-order valence-electron chi connectivity index (χ1n) is 7.20. The van der Waals surface area contributed by atoms with Gasteiger partial charge in [0.1, 0.15) is 6.61 Å². The highest BCUT2D eigenvalue weighted by molar-refractivity contribution is 5.91. The lowest BCUT2D eigenvalue weighted by atomic mass is 9.60. The highest BCUT2D eigenvalue weighted by Gasteiger charge is 2.59. The zero-order valence-electron chi connectivity index (χ0n) is 12.2. The van der Waals surface area contributed by atoms with E-state index in [-0.39, 0.29) is 35.0 Å². The average molecular weight is 279 g/mol. The van der Waals surface area contributed by atoms with Gasteiger partial charge in [-0.3, -0.25) is 4.79 Å². The molecule has 3 heterocycles. The molecule has 0 aromatic heterocycles. The largest absolute Gasteiger partial charge is 0.458 e. The maximum absolute atomic E-state index is 11.6. The molecule has 5 heteroatoms. The Hall–Kier alpha value is -1.36. The van der Waals surface area contributed by atoms with Crippen LogP contribution in [0.4, 0.5) is 0 Å². The van der Waals surface area contributed by atoms with Crippen LogP contribution in [0.3, 0.4) is 0 Å². The van der Waals surface area contributed by atoms with Gasteiger partial charge >= 0.3 is 5.97 Å². The number of hydrogen-bond donors (Lipinski definition) is 1. The van der Waals surface area contributed by atoms with Crippen LogP contribution in [0.2, 0.25) is 0 Å². The van der Waals surface area contributed by atoms with E-state index in [0.717, 1.165) is 12.8 Å². The second-order valence-corrected chi connectivity index (χ2v) is 6.51. The summed E-state index contributed by atoms with van der Waals surface area (Å²) in [6.07, 6.45) is 3.80. The third kappa shape index (κ3) is 1.79. The minimum Gasteiger partial charge on any atom is -0.458 e. The van der Waals surface area contributed by atoms with Gasteiger partial charge in [-0.2, -0.15) is 0 Å². The minimum atomic E-state index is -0.311. The van der Waals surface area contributed by atoms with Crippen LogP contribution in [0.15, 0.2) is 11.6 Å². The zero-order valence-corrected chi connectivity index (χ0v) is 12.2. The highest BCUT2D eigenvalue weighted by Crippen LogP contribution is 2.53. The first kappa shape index (κ1) is 13.6. The van der Waals surface area contributed by atoms with Gasteiger partial charge in [-0.1, -0.05) is 6.92 Å². The Morgan fingerprint density at radius 3 is 2.60 bits per heavy atom. The van der Waals surface area contributed by atoms with E-state index in [1.807, 2.05) is 6.92 Å². The zero-order chi connectivity index (χ0) is 14.5. The fourth-order valence-corrected chi connectivity index (χ4v) is 3.62. The molecule has 0 spiro atoms. The van der Waals surface area contributed by atoms with Gasteiger partial charge in [-0.25, -0.2) is 4.79 Å². The van der Waals surface area contributed by atoms with Crippen molar-refractivity contribution < 1.29 is 19.1 Å². The van der Waals surface area contributed by atoms with Gasteiger partial charge in [0.15, 0.2) is 0 Å². The van der Waals surface area contributed by atoms with E-state index in [9.17, 15) is 9.59 Å². The number of nitrogens with one attached hydrogen (secondary N) is 1. The molecule has 0 saturated carbocycles. The van der Waals surface area contributed by atoms with Gasteiger partial charge < -0.3 is 14.8 Å². The summed E-state index contributed by atoms with van der Waals surface area (Å²) >= 11 is 0. The molecule has 1 amide bonds. The van der Waals surface area contributed by atoms with Crippen molar-refractivity contribution in [2.45, 2.75) is 57.8 Å². The first-order chi connectivity index (χ1) is 9.36. The van der Waals surface area contributed by atoms with Gasteiger partial charge in [0.2, 0.25) is 5.91 Å². The molecule has 0 radical (unpaired) electrons. The topological polar surface area (TPSA) is 64.6 Å². The highest BCUT2D eigenvalue weighted by atomic mass is 16.6. The molecule has 4 atom stereocenters. The Bertz CT molecular complexity index is 492. The molecule has 0 aromatic rings. The number of hydrogen-bond acceptors (Lipinski definition) is 4. The van der Waals surface area contributed by atoms with Crippen molar-refractivity contribution in [2.75, 3.05) is 6.61 Å². The van der Waals surface area contributed by atoms with Crippen LogP contribution < -0.4 is 5.32 Å². The van der Waals surface area contributed by atoms with E-state index in [2.05, 4.69) is 19.2 Å². The van der Waals surface area contributed by atoms with Gasteiger partial charge in [-0.15, -0.1) is 0 Å². The van der Waals surface area contributed by atoms with E-state index >= 15 is 0 Å². The second kappa shape index (κ2) is 4.32. The minimum absolute atomic E-state index is 0.0687. The summed E-state index contributed by atoms with van der Waals surface area (Å²) in [5, 5.41) is 3.01. The molecule has 0 bridgehead atoms. The molecule has 0 aromatic carbocycles. The number of esters is 1. The van der Waals surface area contributed by atoms with Crippen molar-refractivity contribution >= 4 is 11.9 Å². The average Bonchev–Trinajstić information content (AvgIpc) is 2.76. The summed E-state index contributed by atoms with van der Waals surface area (Å²) in [4.78, 5) is 23.0. The Morgan fingerprint density at radius 1 is 1.35 bits per heavy atom. The molecule has 1 N–H and O–H groups in total. The lowest BCUT2D eigenvalue weighted by Gasteiger charge is -2.59. The molecule has 20 heavy (non-hydrogen) atoms. The number of carbonyl (C=O) groups is 2. The molecule has 0 aliphatic carbocycles. The number of amides is 1. The van der Waals surface area contributed by atoms with Crippen LogP contribution >= 0.6 is 0 Å². The van der Waals surface area contributed by atoms with Gasteiger partial charge in [0.05, 0.1) is 17.3 Å². The molecule has 2 saturated heterocycles. The number of rotatable bonds is 2. The summed E-state index contributed by atoms with van der Waals surface area (Å²) in [5.41, 5.74) is 0.230. The van der Waals surface area contributed by atoms with Crippen LogP contribution in [0.1, 0.15) is 40.0 Å². The number of carbonyl (C=O) groups excluding carboxylic acids is 2. The van der Waals surface area contributed by atoms with Gasteiger partial charge in [-0.05, 0) is 26.3 Å². The smallest absolute Gasteiger partial charge is 0.336 e. The molecule has 3 aliphatic rings. The van der Waals surface area contributed by atoms with E-state index < -0.39 is 0 Å². The Morgan fingerprint density at radius 2 is 2.05 bits per heavy atom. The molecule has 2 fully saturated rings. The van der Waals surface area contributed by atoms with Gasteiger partial charge in [0.25, 0.3) is 0 Å². The molecule has 3 rings (SSSR count). The maximum atomic E-state index is 11.6. The van der Waals surface area contributed by atoms with Gasteiger partial charge in [0, 0.05) is 24.3 Å². The Labute approximate surface area is 118 Å². The third-order valence-electron chi connectivity index (χ3n) is 5.49. The molecular formula is C15H21NO4. The van der Waals surface area contributed by atoms with Crippen LogP contribution in [0.5, 0.6) is 0 Å². The van der Waals surface area contributed by atoms with Crippen molar-refractivity contribution in [2.24, 2.45) is 5.41 Å². The van der Waals surface area contributed by atoms with E-state index in [0.29, 0.717) is 18.6 Å². The summed E-state index contributed by atoms with van der Waals surface area (Å²) in [6.45, 7) is 6.63. The molecule has 1 unspecified atom stereocenters. The first-order valence-corrected chi connectivity index (χ1v) is 7.20. The Balaban J connectivity index is 1.72. The lowest BCUT2D eigenvalue weighted by Crippen LogP contribution is -2.67. The standard InChI is InChI=1S/C15H21NO4/c1-9-14(2,6-4-12(17)16-9)15(3)8-11(20-15)10-5-7-19-13(10)18/h5,9,11H,4,6-8H2,1-3H3,(H,16,17)/t9?,11-,14+,15+/m0/s1. The van der Waals surface area contributed by atoms with E-state index in [1.165, 1.54) is 0 Å². The van der Waals surface area contributed by atoms with Crippen molar-refractivity contribution in [3.8, 4) is 0 Å². The fraction of sp³-hybridized carbons (Fsp3) is 0.733.